The van der Waals surface area contributed by atoms with Crippen LogP contribution in [0.4, 0.5) is 0 Å². The number of nitrogens with one attached hydrogen (secondary N) is 1. The number of aliphatic hydroxyl groups excluding tert-OH is 1. The lowest BCUT2D eigenvalue weighted by atomic mass is 10.1. The third-order valence-corrected chi connectivity index (χ3v) is 3.73. The van der Waals surface area contributed by atoms with E-state index in [1.165, 1.54) is 0 Å². The molecule has 1 fully saturated rings. The van der Waals surface area contributed by atoms with Gasteiger partial charge in [0.1, 0.15) is 5.69 Å². The highest BCUT2D eigenvalue weighted by Crippen LogP contribution is 2.27. The quantitative estimate of drug-likeness (QED) is 0.744. The molecule has 0 amide bonds. The molecule has 1 aliphatic heterocycles. The van der Waals surface area contributed by atoms with E-state index in [-0.39, 0.29) is 12.1 Å². The molecule has 0 saturated carbocycles. The van der Waals surface area contributed by atoms with Crippen LogP contribution in [-0.4, -0.2) is 32.9 Å². The molecule has 1 aliphatic rings. The summed E-state index contributed by atoms with van der Waals surface area (Å²) in [5, 5.41) is 18.8. The van der Waals surface area contributed by atoms with Crippen LogP contribution in [-0.2, 0) is 0 Å². The van der Waals surface area contributed by atoms with E-state index in [0.717, 1.165) is 10.8 Å². The fraction of sp³-hybridized carbons (Fsp3) is 0.267. The zero-order valence-electron chi connectivity index (χ0n) is 11.2. The van der Waals surface area contributed by atoms with Crippen molar-refractivity contribution in [3.05, 3.63) is 42.4 Å². The molecule has 0 aliphatic carbocycles. The molecular weight excluding hydrogens is 268 g/mol. The van der Waals surface area contributed by atoms with Crippen molar-refractivity contribution in [2.75, 3.05) is 6.54 Å². The van der Waals surface area contributed by atoms with Gasteiger partial charge in [0, 0.05) is 18.1 Å². The second kappa shape index (κ2) is 4.91. The Morgan fingerprint density at radius 1 is 1.24 bits per heavy atom. The number of rotatable bonds is 2. The number of β-amino-alcohol motifs (C(OH)–C–C–N with tert-alkyl or cyclic N) is 1. The van der Waals surface area contributed by atoms with Crippen LogP contribution >= 0.6 is 0 Å². The minimum absolute atomic E-state index is 0.0868. The Morgan fingerprint density at radius 3 is 3.00 bits per heavy atom. The Hall–Kier alpha value is -2.31. The van der Waals surface area contributed by atoms with Crippen molar-refractivity contribution in [1.82, 2.24) is 20.4 Å². The van der Waals surface area contributed by atoms with Gasteiger partial charge >= 0.3 is 0 Å². The maximum absolute atomic E-state index is 9.56. The maximum Gasteiger partial charge on any atom is 0.244 e. The van der Waals surface area contributed by atoms with Crippen molar-refractivity contribution in [2.24, 2.45) is 0 Å². The average Bonchev–Trinajstić information content (AvgIpc) is 3.15. The summed E-state index contributed by atoms with van der Waals surface area (Å²) in [6.07, 6.45) is 1.97. The van der Waals surface area contributed by atoms with E-state index in [1.54, 1.807) is 6.20 Å². The Kier molecular flexibility index (Phi) is 2.90. The normalized spacial score (nSPS) is 22.0. The third kappa shape index (κ3) is 2.18. The van der Waals surface area contributed by atoms with E-state index in [9.17, 15) is 5.11 Å². The molecular formula is C15H14N4O2. The maximum atomic E-state index is 9.56. The van der Waals surface area contributed by atoms with Gasteiger partial charge in [0.2, 0.25) is 11.7 Å². The summed E-state index contributed by atoms with van der Waals surface area (Å²) in [7, 11) is 0. The van der Waals surface area contributed by atoms with Gasteiger partial charge in [0.05, 0.1) is 12.1 Å². The summed E-state index contributed by atoms with van der Waals surface area (Å²) in [4.78, 5) is 8.81. The van der Waals surface area contributed by atoms with Gasteiger partial charge in [0.15, 0.2) is 0 Å². The van der Waals surface area contributed by atoms with Crippen LogP contribution in [0.2, 0.25) is 0 Å². The minimum atomic E-state index is -0.360. The second-order valence-electron chi connectivity index (χ2n) is 5.19. The number of nitrogens with zero attached hydrogens (tertiary/aromatic N) is 3. The molecule has 0 spiro atoms. The SMILES string of the molecule is OC1CN[C@H](c2nc(-c3nccc4ccccc34)no2)C1. The highest BCUT2D eigenvalue weighted by molar-refractivity contribution is 5.92. The van der Waals surface area contributed by atoms with E-state index in [2.05, 4.69) is 20.4 Å². The van der Waals surface area contributed by atoms with Gasteiger partial charge in [-0.25, -0.2) is 0 Å². The van der Waals surface area contributed by atoms with Crippen molar-refractivity contribution in [1.29, 1.82) is 0 Å². The molecule has 6 nitrogen and oxygen atoms in total. The molecule has 0 radical (unpaired) electrons. The second-order valence-corrected chi connectivity index (χ2v) is 5.19. The number of aliphatic hydroxyl groups is 1. The van der Waals surface area contributed by atoms with E-state index < -0.39 is 0 Å². The molecule has 2 N–H and O–H groups in total. The molecule has 21 heavy (non-hydrogen) atoms. The first-order chi connectivity index (χ1) is 10.3. The van der Waals surface area contributed by atoms with Gasteiger partial charge in [-0.2, -0.15) is 4.98 Å². The van der Waals surface area contributed by atoms with E-state index >= 15 is 0 Å². The van der Waals surface area contributed by atoms with Crippen LogP contribution in [0.25, 0.3) is 22.3 Å². The number of aromatic nitrogens is 3. The van der Waals surface area contributed by atoms with E-state index in [1.807, 2.05) is 30.3 Å². The van der Waals surface area contributed by atoms with Gasteiger partial charge < -0.3 is 14.9 Å². The summed E-state index contributed by atoms with van der Waals surface area (Å²) < 4.78 is 5.33. The molecule has 1 unspecified atom stereocenters. The monoisotopic (exact) mass is 282 g/mol. The molecule has 6 heteroatoms. The Balaban J connectivity index is 1.74. The number of fused-ring (bicyclic) bond motifs is 1. The van der Waals surface area contributed by atoms with Gasteiger partial charge in [-0.05, 0) is 17.9 Å². The summed E-state index contributed by atoms with van der Waals surface area (Å²) in [5.74, 6) is 0.973. The summed E-state index contributed by atoms with van der Waals surface area (Å²) in [5.41, 5.74) is 0.710. The largest absolute Gasteiger partial charge is 0.392 e. The molecule has 3 heterocycles. The molecule has 3 aromatic rings. The van der Waals surface area contributed by atoms with Gasteiger partial charge in [-0.15, -0.1) is 0 Å². The highest BCUT2D eigenvalue weighted by atomic mass is 16.5. The van der Waals surface area contributed by atoms with Crippen LogP contribution in [0.1, 0.15) is 18.4 Å². The molecule has 4 rings (SSSR count). The third-order valence-electron chi connectivity index (χ3n) is 3.73. The van der Waals surface area contributed by atoms with Crippen LogP contribution in [0.15, 0.2) is 41.1 Å². The van der Waals surface area contributed by atoms with Gasteiger partial charge in [-0.1, -0.05) is 29.4 Å². The standard InChI is InChI=1S/C15H14N4O2/c20-10-7-12(17-8-10)15-18-14(19-21-15)13-11-4-2-1-3-9(11)5-6-16-13/h1-6,10,12,17,20H,7-8H2/t10?,12-/m0/s1. The first kappa shape index (κ1) is 12.4. The first-order valence-corrected chi connectivity index (χ1v) is 6.90. The Bertz CT molecular complexity index is 781. The van der Waals surface area contributed by atoms with Crippen LogP contribution in [0.5, 0.6) is 0 Å². The summed E-state index contributed by atoms with van der Waals surface area (Å²) >= 11 is 0. The lowest BCUT2D eigenvalue weighted by molar-refractivity contribution is 0.191. The van der Waals surface area contributed by atoms with Crippen molar-refractivity contribution in [2.45, 2.75) is 18.6 Å². The van der Waals surface area contributed by atoms with E-state index in [4.69, 9.17) is 4.52 Å². The zero-order valence-corrected chi connectivity index (χ0v) is 11.2. The summed E-state index contributed by atoms with van der Waals surface area (Å²) in [6.45, 7) is 0.550. The highest BCUT2D eigenvalue weighted by Gasteiger charge is 2.28. The summed E-state index contributed by atoms with van der Waals surface area (Å²) in [6, 6.07) is 9.83. The predicted octanol–water partition coefficient (Wildman–Crippen LogP) is 1.68. The molecule has 2 aromatic heterocycles. The Labute approximate surface area is 120 Å². The fourth-order valence-corrected chi connectivity index (χ4v) is 2.68. The van der Waals surface area contributed by atoms with E-state index in [0.29, 0.717) is 30.4 Å². The minimum Gasteiger partial charge on any atom is -0.392 e. The molecule has 1 aromatic carbocycles. The molecule has 1 saturated heterocycles. The van der Waals surface area contributed by atoms with Crippen LogP contribution < -0.4 is 5.32 Å². The molecule has 106 valence electrons. The Morgan fingerprint density at radius 2 is 2.14 bits per heavy atom. The number of hydrogen-bond donors (Lipinski definition) is 2. The molecule has 2 atom stereocenters. The number of benzene rings is 1. The molecule has 0 bridgehead atoms. The topological polar surface area (TPSA) is 84.1 Å². The van der Waals surface area contributed by atoms with Crippen LogP contribution in [0.3, 0.4) is 0 Å². The predicted molar refractivity (Wildman–Crippen MR) is 76.4 cm³/mol. The number of hydrogen-bond acceptors (Lipinski definition) is 6. The average molecular weight is 282 g/mol. The van der Waals surface area contributed by atoms with Crippen molar-refractivity contribution in [3.8, 4) is 11.5 Å². The van der Waals surface area contributed by atoms with Crippen molar-refractivity contribution >= 4 is 10.8 Å². The zero-order chi connectivity index (χ0) is 14.2. The lowest BCUT2D eigenvalue weighted by Crippen LogP contribution is -2.15. The smallest absolute Gasteiger partial charge is 0.244 e. The van der Waals surface area contributed by atoms with Gasteiger partial charge in [-0.3, -0.25) is 4.98 Å². The lowest BCUT2D eigenvalue weighted by Gasteiger charge is -2.02. The van der Waals surface area contributed by atoms with Crippen molar-refractivity contribution in [3.63, 3.8) is 0 Å². The fourth-order valence-electron chi connectivity index (χ4n) is 2.68. The first-order valence-electron chi connectivity index (χ1n) is 6.90. The van der Waals surface area contributed by atoms with Crippen molar-refractivity contribution < 1.29 is 9.63 Å². The van der Waals surface area contributed by atoms with Gasteiger partial charge in [0.25, 0.3) is 0 Å². The van der Waals surface area contributed by atoms with Crippen LogP contribution in [0, 0.1) is 0 Å². The number of pyridine rings is 1.